The van der Waals surface area contributed by atoms with Gasteiger partial charge in [0.1, 0.15) is 0 Å². The number of nitro benzene ring substituents is 1. The number of nitrogens with zero attached hydrogens (tertiary/aromatic N) is 1. The zero-order valence-corrected chi connectivity index (χ0v) is 12.9. The summed E-state index contributed by atoms with van der Waals surface area (Å²) in [5.74, 6) is -1.04. The van der Waals surface area contributed by atoms with Gasteiger partial charge in [0.05, 0.1) is 16.1 Å². The van der Waals surface area contributed by atoms with Gasteiger partial charge in [-0.2, -0.15) is 0 Å². The topological polar surface area (TPSA) is 106 Å². The second kappa shape index (κ2) is 6.66. The highest BCUT2D eigenvalue weighted by atomic mass is 32.2. The van der Waals surface area contributed by atoms with E-state index in [9.17, 15) is 23.3 Å². The smallest absolute Gasteiger partial charge is 0.269 e. The number of nitrogens with one attached hydrogen (secondary N) is 1. The van der Waals surface area contributed by atoms with E-state index in [-0.39, 0.29) is 18.1 Å². The van der Waals surface area contributed by atoms with Crippen LogP contribution >= 0.6 is 0 Å². The number of amides is 1. The molecule has 116 valence electrons. The number of hydrogen-bond acceptors (Lipinski definition) is 5. The Kier molecular flexibility index (Phi) is 5.42. The molecule has 0 aliphatic carbocycles. The molecule has 0 saturated heterocycles. The maximum absolute atomic E-state index is 11.9. The van der Waals surface area contributed by atoms with E-state index in [4.69, 9.17) is 0 Å². The van der Waals surface area contributed by atoms with E-state index in [0.29, 0.717) is 5.56 Å². The molecule has 1 aromatic rings. The summed E-state index contributed by atoms with van der Waals surface area (Å²) in [6.07, 6.45) is 1.10. The first-order valence-corrected chi connectivity index (χ1v) is 8.28. The van der Waals surface area contributed by atoms with Crippen LogP contribution in [0.2, 0.25) is 0 Å². The molecule has 0 aliphatic heterocycles. The average molecular weight is 314 g/mol. The Morgan fingerprint density at radius 1 is 1.29 bits per heavy atom. The van der Waals surface area contributed by atoms with Gasteiger partial charge in [0, 0.05) is 24.9 Å². The monoisotopic (exact) mass is 314 g/mol. The highest BCUT2D eigenvalue weighted by molar-refractivity contribution is 7.91. The number of carbonyl (C=O) groups is 1. The molecule has 0 radical (unpaired) electrons. The van der Waals surface area contributed by atoms with Gasteiger partial charge in [0.25, 0.3) is 5.69 Å². The highest BCUT2D eigenvalue weighted by Crippen LogP contribution is 2.13. The third-order valence-electron chi connectivity index (χ3n) is 3.41. The minimum absolute atomic E-state index is 0.0239. The van der Waals surface area contributed by atoms with Crippen LogP contribution < -0.4 is 5.32 Å². The quantitative estimate of drug-likeness (QED) is 0.629. The summed E-state index contributed by atoms with van der Waals surface area (Å²) in [5.41, 5.74) is 0.678. The Balaban J connectivity index is 2.62. The third-order valence-corrected chi connectivity index (χ3v) is 5.17. The predicted molar refractivity (Wildman–Crippen MR) is 78.4 cm³/mol. The van der Waals surface area contributed by atoms with Crippen molar-refractivity contribution in [1.82, 2.24) is 5.32 Å². The molecule has 2 atom stereocenters. The minimum Gasteiger partial charge on any atom is -0.352 e. The van der Waals surface area contributed by atoms with Gasteiger partial charge in [-0.25, -0.2) is 8.42 Å². The van der Waals surface area contributed by atoms with Crippen molar-refractivity contribution in [2.45, 2.75) is 25.6 Å². The Morgan fingerprint density at radius 3 is 2.24 bits per heavy atom. The molecule has 8 heteroatoms. The normalized spacial score (nSPS) is 14.2. The maximum Gasteiger partial charge on any atom is 0.269 e. The first-order chi connectivity index (χ1) is 9.62. The van der Waals surface area contributed by atoms with Crippen LogP contribution in [0.25, 0.3) is 0 Å². The summed E-state index contributed by atoms with van der Waals surface area (Å²) in [6, 6.07) is 5.79. The number of sulfone groups is 1. The molecule has 1 amide bonds. The molecule has 7 nitrogen and oxygen atoms in total. The SMILES string of the molecule is C[C@@H](C(=O)NCc1ccc([N+](=O)[O-])cc1)[C@H](C)S(C)(=O)=O. The molecule has 1 aromatic carbocycles. The first-order valence-electron chi connectivity index (χ1n) is 6.33. The predicted octanol–water partition coefficient (Wildman–Crippen LogP) is 1.28. The summed E-state index contributed by atoms with van der Waals surface area (Å²) in [5, 5.41) is 12.4. The van der Waals surface area contributed by atoms with Gasteiger partial charge in [-0.3, -0.25) is 14.9 Å². The van der Waals surface area contributed by atoms with E-state index < -0.39 is 25.9 Å². The first kappa shape index (κ1) is 17.1. The molecule has 0 fully saturated rings. The van der Waals surface area contributed by atoms with Crippen LogP contribution in [0.3, 0.4) is 0 Å². The summed E-state index contributed by atoms with van der Waals surface area (Å²) >= 11 is 0. The van der Waals surface area contributed by atoms with Crippen molar-refractivity contribution in [3.05, 3.63) is 39.9 Å². The lowest BCUT2D eigenvalue weighted by molar-refractivity contribution is -0.384. The van der Waals surface area contributed by atoms with Crippen LogP contribution in [0.1, 0.15) is 19.4 Å². The van der Waals surface area contributed by atoms with Crippen molar-refractivity contribution in [1.29, 1.82) is 0 Å². The molecule has 0 saturated carbocycles. The van der Waals surface area contributed by atoms with Gasteiger partial charge in [-0.05, 0) is 12.5 Å². The Hall–Kier alpha value is -1.96. The second-order valence-corrected chi connectivity index (χ2v) is 7.37. The molecular formula is C13H18N2O5S. The molecule has 0 heterocycles. The van der Waals surface area contributed by atoms with Crippen molar-refractivity contribution < 1.29 is 18.1 Å². The Morgan fingerprint density at radius 2 is 1.81 bits per heavy atom. The number of hydrogen-bond donors (Lipinski definition) is 1. The molecule has 0 spiro atoms. The van der Waals surface area contributed by atoms with Crippen LogP contribution in [0.5, 0.6) is 0 Å². The number of benzene rings is 1. The van der Waals surface area contributed by atoms with Crippen LogP contribution in [0.4, 0.5) is 5.69 Å². The molecule has 1 N–H and O–H groups in total. The summed E-state index contributed by atoms with van der Waals surface area (Å²) in [7, 11) is -3.28. The molecule has 0 unspecified atom stereocenters. The number of nitro groups is 1. The van der Waals surface area contributed by atoms with Gasteiger partial charge in [-0.1, -0.05) is 19.1 Å². The molecule has 0 aliphatic rings. The van der Waals surface area contributed by atoms with Crippen molar-refractivity contribution in [2.75, 3.05) is 6.26 Å². The Labute approximate surface area is 123 Å². The van der Waals surface area contributed by atoms with Crippen LogP contribution in [0.15, 0.2) is 24.3 Å². The molecule has 21 heavy (non-hydrogen) atoms. The largest absolute Gasteiger partial charge is 0.352 e. The van der Waals surface area contributed by atoms with Crippen LogP contribution in [-0.2, 0) is 21.2 Å². The summed E-state index contributed by atoms with van der Waals surface area (Å²) < 4.78 is 22.8. The highest BCUT2D eigenvalue weighted by Gasteiger charge is 2.27. The molecule has 0 bridgehead atoms. The van der Waals surface area contributed by atoms with E-state index in [1.165, 1.54) is 19.1 Å². The third kappa shape index (κ3) is 4.82. The lowest BCUT2D eigenvalue weighted by atomic mass is 10.1. The van der Waals surface area contributed by atoms with Gasteiger partial charge in [0.2, 0.25) is 5.91 Å². The van der Waals surface area contributed by atoms with Crippen molar-refractivity contribution in [3.63, 3.8) is 0 Å². The lowest BCUT2D eigenvalue weighted by Crippen LogP contribution is -2.37. The van der Waals surface area contributed by atoms with Crippen LogP contribution in [-0.4, -0.2) is 30.8 Å². The zero-order valence-electron chi connectivity index (χ0n) is 12.1. The number of rotatable bonds is 6. The van der Waals surface area contributed by atoms with Crippen molar-refractivity contribution >= 4 is 21.4 Å². The van der Waals surface area contributed by atoms with E-state index >= 15 is 0 Å². The summed E-state index contributed by atoms with van der Waals surface area (Å²) in [6.45, 7) is 3.24. The van der Waals surface area contributed by atoms with Crippen LogP contribution in [0, 0.1) is 16.0 Å². The fourth-order valence-electron chi connectivity index (χ4n) is 1.67. The number of carbonyl (C=O) groups excluding carboxylic acids is 1. The van der Waals surface area contributed by atoms with Gasteiger partial charge >= 0.3 is 0 Å². The fraction of sp³-hybridized carbons (Fsp3) is 0.462. The standard InChI is InChI=1S/C13H18N2O5S/c1-9(10(2)21(3,19)20)13(16)14-8-11-4-6-12(7-5-11)15(17)18/h4-7,9-10H,8H2,1-3H3,(H,14,16)/t9-,10+/m1/s1. The average Bonchev–Trinajstić information content (AvgIpc) is 2.42. The van der Waals surface area contributed by atoms with E-state index in [2.05, 4.69) is 5.32 Å². The minimum atomic E-state index is -3.28. The van der Waals surface area contributed by atoms with Gasteiger partial charge < -0.3 is 5.32 Å². The number of non-ortho nitro benzene ring substituents is 1. The zero-order chi connectivity index (χ0) is 16.2. The van der Waals surface area contributed by atoms with Crippen molar-refractivity contribution in [3.8, 4) is 0 Å². The molecule has 1 rings (SSSR count). The second-order valence-electron chi connectivity index (χ2n) is 4.96. The van der Waals surface area contributed by atoms with Gasteiger partial charge in [0.15, 0.2) is 9.84 Å². The Bertz CT molecular complexity index is 624. The summed E-state index contributed by atoms with van der Waals surface area (Å²) in [4.78, 5) is 21.9. The van der Waals surface area contributed by atoms with Gasteiger partial charge in [-0.15, -0.1) is 0 Å². The van der Waals surface area contributed by atoms with E-state index in [1.54, 1.807) is 19.1 Å². The van der Waals surface area contributed by atoms with E-state index in [1.807, 2.05) is 0 Å². The molecular weight excluding hydrogens is 296 g/mol. The maximum atomic E-state index is 11.9. The lowest BCUT2D eigenvalue weighted by Gasteiger charge is -2.17. The molecule has 0 aromatic heterocycles. The fourth-order valence-corrected chi connectivity index (χ4v) is 2.53. The van der Waals surface area contributed by atoms with E-state index in [0.717, 1.165) is 6.26 Å². The van der Waals surface area contributed by atoms with Crippen molar-refractivity contribution in [2.24, 2.45) is 5.92 Å².